The zero-order valence-electron chi connectivity index (χ0n) is 15.4. The van der Waals surface area contributed by atoms with Gasteiger partial charge in [-0.25, -0.2) is 0 Å². The van der Waals surface area contributed by atoms with Crippen LogP contribution in [-0.2, 0) is 16.6 Å². The molecule has 2 aliphatic heterocycles. The van der Waals surface area contributed by atoms with Gasteiger partial charge in [-0.3, -0.25) is 9.48 Å². The topological polar surface area (TPSA) is 68.2 Å². The Hall–Kier alpha value is -1.11. The maximum absolute atomic E-state index is 12.7. The number of carbonyl (C=O) groups is 1. The fourth-order valence-corrected chi connectivity index (χ4v) is 4.12. The van der Waals surface area contributed by atoms with Crippen molar-refractivity contribution < 1.29 is 9.53 Å². The predicted octanol–water partition coefficient (Wildman–Crippen LogP) is 1.71. The average molecular weight is 371 g/mol. The van der Waals surface area contributed by atoms with E-state index in [2.05, 4.69) is 29.6 Å². The highest BCUT2D eigenvalue weighted by Crippen LogP contribution is 2.29. The second kappa shape index (κ2) is 9.01. The molecule has 2 aliphatic rings. The molecule has 4 atom stereocenters. The lowest BCUT2D eigenvalue weighted by Gasteiger charge is -2.34. The SMILES string of the molecule is CC(C)C1OCCCC1CNC(=O)[C@H]1CNC[C@@H]1c1cnn(C)c1.Cl. The number of amides is 1. The van der Waals surface area contributed by atoms with E-state index in [0.29, 0.717) is 11.8 Å². The van der Waals surface area contributed by atoms with Gasteiger partial charge in [-0.2, -0.15) is 5.10 Å². The third kappa shape index (κ3) is 4.74. The number of nitrogens with zero attached hydrogens (tertiary/aromatic N) is 2. The van der Waals surface area contributed by atoms with E-state index in [1.54, 1.807) is 4.68 Å². The first kappa shape index (κ1) is 20.2. The maximum Gasteiger partial charge on any atom is 0.225 e. The largest absolute Gasteiger partial charge is 0.378 e. The lowest BCUT2D eigenvalue weighted by atomic mass is 9.86. The van der Waals surface area contributed by atoms with Crippen LogP contribution in [0.5, 0.6) is 0 Å². The van der Waals surface area contributed by atoms with Gasteiger partial charge in [0.15, 0.2) is 0 Å². The Balaban J connectivity index is 0.00000225. The third-order valence-electron chi connectivity index (χ3n) is 5.39. The molecule has 1 amide bonds. The monoisotopic (exact) mass is 370 g/mol. The zero-order valence-corrected chi connectivity index (χ0v) is 16.2. The summed E-state index contributed by atoms with van der Waals surface area (Å²) >= 11 is 0. The summed E-state index contributed by atoms with van der Waals surface area (Å²) in [5.74, 6) is 1.26. The number of halogens is 1. The summed E-state index contributed by atoms with van der Waals surface area (Å²) in [5, 5.41) is 10.8. The van der Waals surface area contributed by atoms with Gasteiger partial charge in [0.1, 0.15) is 0 Å². The second-order valence-electron chi connectivity index (χ2n) is 7.55. The molecule has 2 saturated heterocycles. The smallest absolute Gasteiger partial charge is 0.225 e. The number of aromatic nitrogens is 2. The highest BCUT2D eigenvalue weighted by Gasteiger charge is 2.35. The van der Waals surface area contributed by atoms with Gasteiger partial charge >= 0.3 is 0 Å². The van der Waals surface area contributed by atoms with Gasteiger partial charge in [0.25, 0.3) is 0 Å². The van der Waals surface area contributed by atoms with Crippen molar-refractivity contribution in [3.8, 4) is 0 Å². The van der Waals surface area contributed by atoms with E-state index in [-0.39, 0.29) is 36.3 Å². The van der Waals surface area contributed by atoms with Crippen LogP contribution in [0.1, 0.15) is 38.2 Å². The summed E-state index contributed by atoms with van der Waals surface area (Å²) in [6.45, 7) is 7.54. The minimum absolute atomic E-state index is 0. The number of aryl methyl sites for hydroxylation is 1. The van der Waals surface area contributed by atoms with E-state index >= 15 is 0 Å². The Morgan fingerprint density at radius 2 is 2.28 bits per heavy atom. The summed E-state index contributed by atoms with van der Waals surface area (Å²) in [5.41, 5.74) is 1.14. The third-order valence-corrected chi connectivity index (χ3v) is 5.39. The zero-order chi connectivity index (χ0) is 17.1. The number of hydrogen-bond donors (Lipinski definition) is 2. The number of rotatable bonds is 5. The Bertz CT molecular complexity index is 563. The van der Waals surface area contributed by atoms with Crippen molar-refractivity contribution >= 4 is 18.3 Å². The van der Waals surface area contributed by atoms with Crippen molar-refractivity contribution in [1.29, 1.82) is 0 Å². The van der Waals surface area contributed by atoms with Crippen molar-refractivity contribution in [3.63, 3.8) is 0 Å². The van der Waals surface area contributed by atoms with Crippen LogP contribution in [0.4, 0.5) is 0 Å². The van der Waals surface area contributed by atoms with Crippen LogP contribution < -0.4 is 10.6 Å². The minimum atomic E-state index is -0.0174. The molecule has 6 nitrogen and oxygen atoms in total. The van der Waals surface area contributed by atoms with E-state index in [1.807, 2.05) is 19.4 Å². The molecule has 0 spiro atoms. The Morgan fingerprint density at radius 3 is 2.96 bits per heavy atom. The maximum atomic E-state index is 12.7. The van der Waals surface area contributed by atoms with Gasteiger partial charge in [0, 0.05) is 51.3 Å². The van der Waals surface area contributed by atoms with Crippen LogP contribution in [0.3, 0.4) is 0 Å². The van der Waals surface area contributed by atoms with Crippen LogP contribution in [0.15, 0.2) is 12.4 Å². The van der Waals surface area contributed by atoms with Crippen LogP contribution in [0, 0.1) is 17.8 Å². The quantitative estimate of drug-likeness (QED) is 0.828. The first-order chi connectivity index (χ1) is 11.6. The Kier molecular flexibility index (Phi) is 7.28. The molecule has 0 bridgehead atoms. The molecule has 0 aliphatic carbocycles. The molecular weight excluding hydrogens is 340 g/mol. The molecule has 142 valence electrons. The molecule has 2 N–H and O–H groups in total. The first-order valence-corrected chi connectivity index (χ1v) is 9.15. The van der Waals surface area contributed by atoms with E-state index in [9.17, 15) is 4.79 Å². The molecule has 2 fully saturated rings. The fraction of sp³-hybridized carbons (Fsp3) is 0.778. The fourth-order valence-electron chi connectivity index (χ4n) is 4.12. The highest BCUT2D eigenvalue weighted by molar-refractivity contribution is 5.85. The molecular formula is C18H31ClN4O2. The van der Waals surface area contributed by atoms with Gasteiger partial charge in [0.2, 0.25) is 5.91 Å². The Labute approximate surface area is 156 Å². The average Bonchev–Trinajstić information content (AvgIpc) is 3.21. The number of hydrogen-bond acceptors (Lipinski definition) is 4. The molecule has 0 aromatic carbocycles. The van der Waals surface area contributed by atoms with E-state index < -0.39 is 0 Å². The van der Waals surface area contributed by atoms with Gasteiger partial charge in [-0.15, -0.1) is 12.4 Å². The van der Waals surface area contributed by atoms with Crippen LogP contribution >= 0.6 is 12.4 Å². The molecule has 1 aromatic rings. The summed E-state index contributed by atoms with van der Waals surface area (Å²) in [7, 11) is 1.91. The predicted molar refractivity (Wildman–Crippen MR) is 99.9 cm³/mol. The van der Waals surface area contributed by atoms with Gasteiger partial charge in [-0.05, 0) is 24.3 Å². The van der Waals surface area contributed by atoms with E-state index in [0.717, 1.165) is 44.6 Å². The number of ether oxygens (including phenoxy) is 1. The molecule has 0 radical (unpaired) electrons. The molecule has 1 aromatic heterocycles. The first-order valence-electron chi connectivity index (χ1n) is 9.15. The van der Waals surface area contributed by atoms with Crippen molar-refractivity contribution in [2.75, 3.05) is 26.2 Å². The molecule has 3 heterocycles. The summed E-state index contributed by atoms with van der Waals surface area (Å²) < 4.78 is 7.73. The van der Waals surface area contributed by atoms with Crippen LogP contribution in [0.25, 0.3) is 0 Å². The lowest BCUT2D eigenvalue weighted by molar-refractivity contribution is -0.125. The van der Waals surface area contributed by atoms with E-state index in [1.165, 1.54) is 0 Å². The van der Waals surface area contributed by atoms with Crippen LogP contribution in [-0.4, -0.2) is 48.0 Å². The van der Waals surface area contributed by atoms with Crippen molar-refractivity contribution in [3.05, 3.63) is 18.0 Å². The molecule has 2 unspecified atom stereocenters. The number of carbonyl (C=O) groups excluding carboxylic acids is 1. The van der Waals surface area contributed by atoms with Crippen LogP contribution in [0.2, 0.25) is 0 Å². The molecule has 3 rings (SSSR count). The standard InChI is InChI=1S/C18H30N4O2.ClH/c1-12(2)17-13(5-4-6-24-17)7-20-18(23)16-10-19-9-15(16)14-8-21-22(3)11-14;/h8,11-13,15-17,19H,4-7,9-10H2,1-3H3,(H,20,23);1H/t13?,15-,16+,17?;/m1./s1. The van der Waals surface area contributed by atoms with E-state index in [4.69, 9.17) is 4.74 Å². The number of nitrogens with one attached hydrogen (secondary N) is 2. The van der Waals surface area contributed by atoms with Gasteiger partial charge in [0.05, 0.1) is 18.2 Å². The normalized spacial score (nSPS) is 29.4. The molecule has 7 heteroatoms. The lowest BCUT2D eigenvalue weighted by Crippen LogP contribution is -2.43. The van der Waals surface area contributed by atoms with Crippen molar-refractivity contribution in [2.45, 2.75) is 38.7 Å². The summed E-state index contributed by atoms with van der Waals surface area (Å²) in [6.07, 6.45) is 6.38. The van der Waals surface area contributed by atoms with Gasteiger partial charge in [-0.1, -0.05) is 13.8 Å². The summed E-state index contributed by atoms with van der Waals surface area (Å²) in [4.78, 5) is 12.7. The molecule has 25 heavy (non-hydrogen) atoms. The van der Waals surface area contributed by atoms with Crippen molar-refractivity contribution in [2.24, 2.45) is 24.8 Å². The molecule has 0 saturated carbocycles. The minimum Gasteiger partial charge on any atom is -0.378 e. The second-order valence-corrected chi connectivity index (χ2v) is 7.55. The van der Waals surface area contributed by atoms with Gasteiger partial charge < -0.3 is 15.4 Å². The highest BCUT2D eigenvalue weighted by atomic mass is 35.5. The Morgan fingerprint density at radius 1 is 1.48 bits per heavy atom. The summed E-state index contributed by atoms with van der Waals surface area (Å²) in [6, 6.07) is 0. The van der Waals surface area contributed by atoms with Crippen molar-refractivity contribution in [1.82, 2.24) is 20.4 Å².